The molecule has 9 heteroatoms. The number of anilines is 1. The molecule has 2 heterocycles. The molecule has 1 aromatic heterocycles. The van der Waals surface area contributed by atoms with E-state index in [4.69, 9.17) is 10.5 Å². The molecule has 1 atom stereocenters. The summed E-state index contributed by atoms with van der Waals surface area (Å²) < 4.78 is 47.0. The molecule has 0 saturated carbocycles. The predicted octanol–water partition coefficient (Wildman–Crippen LogP) is 2.59. The van der Waals surface area contributed by atoms with Crippen molar-refractivity contribution >= 4 is 17.6 Å². The molecule has 0 unspecified atom stereocenters. The highest BCUT2D eigenvalue weighted by Crippen LogP contribution is 2.52. The summed E-state index contributed by atoms with van der Waals surface area (Å²) in [5.74, 6) is -4.38. The number of alkyl halides is 2. The van der Waals surface area contributed by atoms with Gasteiger partial charge in [0, 0.05) is 5.69 Å². The number of benzene rings is 1. The lowest BCUT2D eigenvalue weighted by Crippen LogP contribution is -2.51. The van der Waals surface area contributed by atoms with E-state index in [0.29, 0.717) is 23.2 Å². The Balaban J connectivity index is 1.68. The van der Waals surface area contributed by atoms with Crippen LogP contribution in [0.15, 0.2) is 41.5 Å². The van der Waals surface area contributed by atoms with Gasteiger partial charge in [-0.1, -0.05) is 6.07 Å². The molecule has 4 rings (SSSR count). The lowest BCUT2D eigenvalue weighted by molar-refractivity contribution is -0.121. The van der Waals surface area contributed by atoms with Gasteiger partial charge in [0.25, 0.3) is 11.9 Å². The molecular weight excluding hydrogens is 361 g/mol. The number of aliphatic imine (C=N–C) groups is 1. The van der Waals surface area contributed by atoms with Crippen molar-refractivity contribution in [1.82, 2.24) is 4.98 Å². The zero-order valence-electron chi connectivity index (χ0n) is 14.0. The smallest absolute Gasteiger partial charge is 0.310 e. The van der Waals surface area contributed by atoms with Crippen LogP contribution in [0.3, 0.4) is 0 Å². The summed E-state index contributed by atoms with van der Waals surface area (Å²) in [6.07, 6.45) is 1.43. The van der Waals surface area contributed by atoms with E-state index in [-0.39, 0.29) is 18.1 Å². The van der Waals surface area contributed by atoms with Crippen molar-refractivity contribution in [2.75, 3.05) is 11.9 Å². The van der Waals surface area contributed by atoms with Crippen LogP contribution in [0.4, 0.5) is 18.9 Å². The van der Waals surface area contributed by atoms with Crippen LogP contribution in [0.1, 0.15) is 28.0 Å². The largest absolute Gasteiger partial charge is 0.459 e. The number of carbonyl (C=O) groups excluding carboxylic acids is 1. The molecular formula is C18H15F3N4O2. The predicted molar refractivity (Wildman–Crippen MR) is 91.1 cm³/mol. The number of amidine groups is 1. The first kappa shape index (κ1) is 17.3. The molecule has 2 aromatic rings. The fourth-order valence-corrected chi connectivity index (χ4v) is 3.49. The fourth-order valence-electron chi connectivity index (χ4n) is 3.49. The van der Waals surface area contributed by atoms with Crippen molar-refractivity contribution < 1.29 is 22.7 Å². The molecule has 1 aliphatic heterocycles. The number of nitrogens with zero attached hydrogens (tertiary/aromatic N) is 2. The Labute approximate surface area is 152 Å². The number of amides is 1. The van der Waals surface area contributed by atoms with Crippen molar-refractivity contribution in [2.45, 2.75) is 24.3 Å². The van der Waals surface area contributed by atoms with Gasteiger partial charge in [0.05, 0.1) is 6.20 Å². The average molecular weight is 376 g/mol. The maximum absolute atomic E-state index is 14.7. The molecule has 1 aromatic carbocycles. The number of halogens is 3. The Bertz CT molecular complexity index is 946. The van der Waals surface area contributed by atoms with E-state index < -0.39 is 29.8 Å². The topological polar surface area (TPSA) is 89.6 Å². The number of hydrogen-bond donors (Lipinski definition) is 2. The summed E-state index contributed by atoms with van der Waals surface area (Å²) >= 11 is 0. The molecule has 0 fully saturated rings. The molecule has 1 amide bonds. The Morgan fingerprint density at radius 2 is 2.07 bits per heavy atom. The van der Waals surface area contributed by atoms with E-state index in [9.17, 15) is 18.0 Å². The minimum Gasteiger partial charge on any atom is -0.459 e. The van der Waals surface area contributed by atoms with E-state index in [1.165, 1.54) is 12.1 Å². The van der Waals surface area contributed by atoms with Crippen LogP contribution < -0.4 is 11.1 Å². The molecule has 2 aliphatic rings. The molecule has 3 N–H and O–H groups in total. The Morgan fingerprint density at radius 3 is 2.81 bits per heavy atom. The number of rotatable bonds is 2. The highest BCUT2D eigenvalue weighted by molar-refractivity contribution is 6.02. The van der Waals surface area contributed by atoms with Gasteiger partial charge >= 0.3 is 5.92 Å². The number of fused-ring (bicyclic) bond motifs is 2. The number of aromatic nitrogens is 1. The zero-order valence-corrected chi connectivity index (χ0v) is 14.0. The minimum absolute atomic E-state index is 0.00488. The number of aryl methyl sites for hydroxylation is 1. The number of carbonyl (C=O) groups is 1. The lowest BCUT2D eigenvalue weighted by Gasteiger charge is -2.37. The van der Waals surface area contributed by atoms with Gasteiger partial charge in [-0.2, -0.15) is 8.78 Å². The third-order valence-electron chi connectivity index (χ3n) is 4.84. The van der Waals surface area contributed by atoms with Gasteiger partial charge in [0.15, 0.2) is 12.1 Å². The summed E-state index contributed by atoms with van der Waals surface area (Å²) in [5.41, 5.74) is 5.09. The molecule has 6 nitrogen and oxygen atoms in total. The van der Waals surface area contributed by atoms with Crippen molar-refractivity contribution in [3.05, 3.63) is 59.2 Å². The first-order chi connectivity index (χ1) is 12.8. The summed E-state index contributed by atoms with van der Waals surface area (Å²) in [7, 11) is 0. The van der Waals surface area contributed by atoms with Crippen LogP contribution in [0.25, 0.3) is 0 Å². The van der Waals surface area contributed by atoms with E-state index in [1.54, 1.807) is 12.1 Å². The SMILES string of the molecule is NC1=N[C@@]2(CCc3ccc(NC(=O)c4ccc(F)cn4)cc32)C(F)(F)CO1. The normalized spacial score (nSPS) is 22.7. The van der Waals surface area contributed by atoms with Gasteiger partial charge in [-0.3, -0.25) is 4.79 Å². The Kier molecular flexibility index (Phi) is 3.83. The molecule has 0 saturated heterocycles. The van der Waals surface area contributed by atoms with E-state index in [1.807, 2.05) is 0 Å². The van der Waals surface area contributed by atoms with Crippen LogP contribution >= 0.6 is 0 Å². The Morgan fingerprint density at radius 1 is 1.26 bits per heavy atom. The standard InChI is InChI=1S/C18H15F3N4O2/c19-11-2-4-14(23-8-11)15(26)24-12-3-1-10-5-6-17(13(10)7-12)18(20,21)9-27-16(22)25-17/h1-4,7-8H,5-6,9H2,(H2,22,25)(H,24,26)/t17-/m1/s1. The molecule has 140 valence electrons. The number of nitrogens with one attached hydrogen (secondary N) is 1. The number of nitrogens with two attached hydrogens (primary N) is 1. The van der Waals surface area contributed by atoms with Gasteiger partial charge in [-0.05, 0) is 48.2 Å². The second kappa shape index (κ2) is 5.97. The number of ether oxygens (including phenoxy) is 1. The van der Waals surface area contributed by atoms with Crippen molar-refractivity contribution in [2.24, 2.45) is 10.7 Å². The third kappa shape index (κ3) is 2.79. The summed E-state index contributed by atoms with van der Waals surface area (Å²) in [4.78, 5) is 19.9. The molecule has 1 spiro atoms. The first-order valence-corrected chi connectivity index (χ1v) is 8.23. The van der Waals surface area contributed by atoms with Crippen LogP contribution in [-0.4, -0.2) is 29.4 Å². The zero-order chi connectivity index (χ0) is 19.2. The molecule has 0 bridgehead atoms. The van der Waals surface area contributed by atoms with Crippen molar-refractivity contribution in [1.29, 1.82) is 0 Å². The molecule has 1 aliphatic carbocycles. The quantitative estimate of drug-likeness (QED) is 0.843. The summed E-state index contributed by atoms with van der Waals surface area (Å²) in [6, 6.07) is 6.83. The number of hydrogen-bond acceptors (Lipinski definition) is 5. The van der Waals surface area contributed by atoms with Crippen LogP contribution in [0, 0.1) is 5.82 Å². The van der Waals surface area contributed by atoms with Crippen molar-refractivity contribution in [3.63, 3.8) is 0 Å². The van der Waals surface area contributed by atoms with Crippen molar-refractivity contribution in [3.8, 4) is 0 Å². The summed E-state index contributed by atoms with van der Waals surface area (Å²) in [6.45, 7) is -0.849. The van der Waals surface area contributed by atoms with E-state index >= 15 is 0 Å². The van der Waals surface area contributed by atoms with Crippen LogP contribution in [0.5, 0.6) is 0 Å². The second-order valence-electron chi connectivity index (χ2n) is 6.49. The Hall–Kier alpha value is -3.10. The summed E-state index contributed by atoms with van der Waals surface area (Å²) in [5, 5.41) is 2.59. The fraction of sp³-hybridized carbons (Fsp3) is 0.278. The first-order valence-electron chi connectivity index (χ1n) is 8.23. The minimum atomic E-state index is -3.23. The van der Waals surface area contributed by atoms with E-state index in [0.717, 1.165) is 12.3 Å². The molecule has 0 radical (unpaired) electrons. The highest BCUT2D eigenvalue weighted by Gasteiger charge is 2.60. The van der Waals surface area contributed by atoms with Crippen LogP contribution in [0.2, 0.25) is 0 Å². The maximum atomic E-state index is 14.7. The van der Waals surface area contributed by atoms with Gasteiger partial charge in [0.2, 0.25) is 0 Å². The highest BCUT2D eigenvalue weighted by atomic mass is 19.3. The third-order valence-corrected chi connectivity index (χ3v) is 4.84. The van der Waals surface area contributed by atoms with Gasteiger partial charge in [0.1, 0.15) is 11.5 Å². The average Bonchev–Trinajstić information content (AvgIpc) is 2.99. The van der Waals surface area contributed by atoms with Crippen LogP contribution in [-0.2, 0) is 16.7 Å². The maximum Gasteiger partial charge on any atom is 0.310 e. The molecule has 27 heavy (non-hydrogen) atoms. The number of pyridine rings is 1. The second-order valence-corrected chi connectivity index (χ2v) is 6.49. The van der Waals surface area contributed by atoms with Gasteiger partial charge < -0.3 is 15.8 Å². The lowest BCUT2D eigenvalue weighted by atomic mass is 9.85. The van der Waals surface area contributed by atoms with Gasteiger partial charge in [-0.15, -0.1) is 0 Å². The van der Waals surface area contributed by atoms with Gasteiger partial charge in [-0.25, -0.2) is 14.4 Å². The van der Waals surface area contributed by atoms with E-state index in [2.05, 4.69) is 15.3 Å². The monoisotopic (exact) mass is 376 g/mol.